The number of amides is 5. The molecule has 12 nitrogen and oxygen atoms in total. The molecule has 1 aliphatic heterocycles. The maximum atomic E-state index is 14.9. The van der Waals surface area contributed by atoms with Crippen LogP contribution in [0.15, 0.2) is 0 Å². The average Bonchev–Trinajstić information content (AvgIpc) is 3.97. The third-order valence-corrected chi connectivity index (χ3v) is 16.1. The molecule has 0 radical (unpaired) electrons. The SMILES string of the molecule is CC(C)(C)S(=O)(=O)CC1(NC(=O)N[C@H](C(=O)N2C[C@H]3[C@H](CCC34CC4)[C@H]2C(=O)NC(CC2CC2)C(=O)C(N)=O)C2CCCCC2)CCCCC1. The van der Waals surface area contributed by atoms with Crippen LogP contribution in [0.2, 0.25) is 0 Å². The van der Waals surface area contributed by atoms with Gasteiger partial charge in [0.15, 0.2) is 9.84 Å². The quantitative estimate of drug-likeness (QED) is 0.223. The lowest BCUT2D eigenvalue weighted by molar-refractivity contribution is -0.143. The first-order valence-electron chi connectivity index (χ1n) is 19.3. The molecule has 0 bridgehead atoms. The Balaban J connectivity index is 1.25. The van der Waals surface area contributed by atoms with Gasteiger partial charge in [0.25, 0.3) is 5.91 Å². The molecular weight excluding hydrogens is 659 g/mol. The summed E-state index contributed by atoms with van der Waals surface area (Å²) in [6.45, 7) is 5.45. The van der Waals surface area contributed by atoms with Crippen LogP contribution in [0, 0.1) is 29.1 Å². The smallest absolute Gasteiger partial charge is 0.315 e. The van der Waals surface area contributed by atoms with Crippen LogP contribution >= 0.6 is 0 Å². The standard InChI is InChI=1S/C37H59N5O7S/c1-35(2,3)50(48,49)22-37(15-8-5-9-16-37)41-34(47)40-28(24-10-6-4-7-11-24)33(46)42-21-26-25(14-17-36(26)18-19-36)29(42)32(45)39-27(20-23-12-13-23)30(43)31(38)44/h23-29H,4-22H2,1-3H3,(H2,38,44)(H,39,45)(H2,40,41,47)/t25-,26-,27?,28-,29-/m0/s1. The number of carbonyl (C=O) groups is 5. The lowest BCUT2D eigenvalue weighted by Gasteiger charge is -2.41. The maximum Gasteiger partial charge on any atom is 0.315 e. The summed E-state index contributed by atoms with van der Waals surface area (Å²) in [5.74, 6) is -2.56. The number of Topliss-reactive ketones (excluding diaryl/α,β-unsaturated/α-hetero) is 1. The number of likely N-dealkylation sites (tertiary alicyclic amines) is 1. The summed E-state index contributed by atoms with van der Waals surface area (Å²) in [6.07, 6.45) is 14.3. The lowest BCUT2D eigenvalue weighted by atomic mass is 9.82. The van der Waals surface area contributed by atoms with E-state index in [-0.39, 0.29) is 40.7 Å². The molecular formula is C37H59N5O7S. The van der Waals surface area contributed by atoms with Gasteiger partial charge in [-0.2, -0.15) is 0 Å². The van der Waals surface area contributed by atoms with Crippen LogP contribution < -0.4 is 21.7 Å². The van der Waals surface area contributed by atoms with Crippen molar-refractivity contribution in [1.82, 2.24) is 20.9 Å². The Labute approximate surface area is 297 Å². The number of sulfone groups is 1. The first-order valence-corrected chi connectivity index (χ1v) is 21.0. The average molecular weight is 718 g/mol. The van der Waals surface area contributed by atoms with Crippen molar-refractivity contribution in [2.45, 2.75) is 158 Å². The minimum absolute atomic E-state index is 0.0688. The van der Waals surface area contributed by atoms with E-state index in [4.69, 9.17) is 5.73 Å². The summed E-state index contributed by atoms with van der Waals surface area (Å²) in [6, 6.07) is -3.26. The van der Waals surface area contributed by atoms with Crippen LogP contribution in [0.5, 0.6) is 0 Å². The van der Waals surface area contributed by atoms with Gasteiger partial charge in [-0.05, 0) is 108 Å². The third-order valence-electron chi connectivity index (χ3n) is 13.3. The van der Waals surface area contributed by atoms with Crippen molar-refractivity contribution in [3.63, 3.8) is 0 Å². The summed E-state index contributed by atoms with van der Waals surface area (Å²) in [5, 5.41) is 9.00. The van der Waals surface area contributed by atoms with E-state index in [1.807, 2.05) is 0 Å². The number of rotatable bonds is 12. The van der Waals surface area contributed by atoms with Gasteiger partial charge >= 0.3 is 6.03 Å². The third kappa shape index (κ3) is 7.72. The number of fused-ring (bicyclic) bond motifs is 2. The number of urea groups is 1. The Morgan fingerprint density at radius 3 is 2.06 bits per heavy atom. The molecule has 6 aliphatic rings. The van der Waals surface area contributed by atoms with Gasteiger partial charge in [-0.15, -0.1) is 0 Å². The second kappa shape index (κ2) is 14.0. The van der Waals surface area contributed by atoms with Crippen molar-refractivity contribution in [2.75, 3.05) is 12.3 Å². The molecule has 5 atom stereocenters. The van der Waals surface area contributed by atoms with Crippen LogP contribution in [0.1, 0.15) is 130 Å². The van der Waals surface area contributed by atoms with E-state index in [9.17, 15) is 32.4 Å². The summed E-state index contributed by atoms with van der Waals surface area (Å²) >= 11 is 0. The predicted octanol–water partition coefficient (Wildman–Crippen LogP) is 3.51. The van der Waals surface area contributed by atoms with E-state index < -0.39 is 61.9 Å². The van der Waals surface area contributed by atoms with Gasteiger partial charge in [-0.25, -0.2) is 13.2 Å². The topological polar surface area (TPSA) is 185 Å². The Bertz CT molecular complexity index is 1450. The number of hydrogen-bond acceptors (Lipinski definition) is 7. The van der Waals surface area contributed by atoms with Crippen LogP contribution in [-0.2, 0) is 29.0 Å². The fraction of sp³-hybridized carbons (Fsp3) is 0.865. The monoisotopic (exact) mass is 717 g/mol. The molecule has 0 aromatic heterocycles. The van der Waals surface area contributed by atoms with E-state index in [0.717, 1.165) is 89.9 Å². The van der Waals surface area contributed by atoms with Gasteiger partial charge in [0.05, 0.1) is 22.1 Å². The Morgan fingerprint density at radius 1 is 0.840 bits per heavy atom. The summed E-state index contributed by atoms with van der Waals surface area (Å²) < 4.78 is 25.9. The van der Waals surface area contributed by atoms with Crippen molar-refractivity contribution < 1.29 is 32.4 Å². The summed E-state index contributed by atoms with van der Waals surface area (Å²) in [7, 11) is -3.55. The molecule has 0 aromatic carbocycles. The number of carbonyl (C=O) groups excluding carboxylic acids is 5. The molecule has 50 heavy (non-hydrogen) atoms. The molecule has 5 N–H and O–H groups in total. The van der Waals surface area contributed by atoms with Gasteiger partial charge in [-0.1, -0.05) is 51.4 Å². The molecule has 5 aliphatic carbocycles. The van der Waals surface area contributed by atoms with Crippen LogP contribution in [0.4, 0.5) is 4.79 Å². The van der Waals surface area contributed by atoms with E-state index in [2.05, 4.69) is 16.0 Å². The fourth-order valence-electron chi connectivity index (χ4n) is 9.81. The molecule has 6 rings (SSSR count). The molecule has 280 valence electrons. The second-order valence-electron chi connectivity index (χ2n) is 17.8. The van der Waals surface area contributed by atoms with E-state index in [1.165, 1.54) is 0 Å². The molecule has 1 saturated heterocycles. The van der Waals surface area contributed by atoms with E-state index in [0.29, 0.717) is 25.8 Å². The fourth-order valence-corrected chi connectivity index (χ4v) is 11.3. The maximum absolute atomic E-state index is 14.9. The zero-order chi connectivity index (χ0) is 36.1. The largest absolute Gasteiger partial charge is 0.363 e. The van der Waals surface area contributed by atoms with Crippen molar-refractivity contribution in [3.8, 4) is 0 Å². The zero-order valence-corrected chi connectivity index (χ0v) is 31.1. The van der Waals surface area contributed by atoms with E-state index >= 15 is 0 Å². The van der Waals surface area contributed by atoms with E-state index in [1.54, 1.807) is 25.7 Å². The minimum Gasteiger partial charge on any atom is -0.363 e. The molecule has 5 saturated carbocycles. The summed E-state index contributed by atoms with van der Waals surface area (Å²) in [4.78, 5) is 69.5. The molecule has 0 aromatic rings. The molecule has 1 unspecified atom stereocenters. The normalized spacial score (nSPS) is 28.7. The van der Waals surface area contributed by atoms with Crippen LogP contribution in [0.3, 0.4) is 0 Å². The number of ketones is 1. The van der Waals surface area contributed by atoms with Crippen molar-refractivity contribution in [3.05, 3.63) is 0 Å². The van der Waals surface area contributed by atoms with Crippen LogP contribution in [0.25, 0.3) is 0 Å². The Morgan fingerprint density at radius 2 is 1.48 bits per heavy atom. The minimum atomic E-state index is -3.55. The van der Waals surface area contributed by atoms with Gasteiger partial charge < -0.3 is 26.6 Å². The van der Waals surface area contributed by atoms with Crippen LogP contribution in [-0.4, -0.2) is 83.6 Å². The van der Waals surface area contributed by atoms with Crippen molar-refractivity contribution in [2.24, 2.45) is 34.8 Å². The molecule has 13 heteroatoms. The highest BCUT2D eigenvalue weighted by Gasteiger charge is 2.64. The predicted molar refractivity (Wildman–Crippen MR) is 188 cm³/mol. The highest BCUT2D eigenvalue weighted by Crippen LogP contribution is 2.66. The highest BCUT2D eigenvalue weighted by atomic mass is 32.2. The highest BCUT2D eigenvalue weighted by molar-refractivity contribution is 7.92. The second-order valence-corrected chi connectivity index (χ2v) is 20.5. The molecule has 1 spiro atoms. The van der Waals surface area contributed by atoms with Gasteiger partial charge in [0.2, 0.25) is 17.6 Å². The van der Waals surface area contributed by atoms with Gasteiger partial charge in [0, 0.05) is 6.54 Å². The number of hydrogen-bond donors (Lipinski definition) is 4. The molecule has 1 heterocycles. The number of primary amides is 1. The molecule has 5 amide bonds. The number of nitrogens with two attached hydrogens (primary N) is 1. The number of nitrogens with zero attached hydrogens (tertiary/aromatic N) is 1. The van der Waals surface area contributed by atoms with Crippen molar-refractivity contribution >= 4 is 39.4 Å². The molecule has 6 fully saturated rings. The van der Waals surface area contributed by atoms with Gasteiger partial charge in [-0.3, -0.25) is 19.2 Å². The Kier molecular flexibility index (Phi) is 10.4. The van der Waals surface area contributed by atoms with Gasteiger partial charge in [0.1, 0.15) is 12.1 Å². The summed E-state index contributed by atoms with van der Waals surface area (Å²) in [5.41, 5.74) is 4.59. The first kappa shape index (κ1) is 37.1. The number of nitrogens with one attached hydrogen (secondary N) is 3. The Hall–Kier alpha value is -2.70. The van der Waals surface area contributed by atoms with Crippen molar-refractivity contribution in [1.29, 1.82) is 0 Å². The first-order chi connectivity index (χ1) is 23.5. The zero-order valence-electron chi connectivity index (χ0n) is 30.3. The lowest BCUT2D eigenvalue weighted by Crippen LogP contribution is -2.63.